The predicted octanol–water partition coefficient (Wildman–Crippen LogP) is 3.64. The molecule has 4 aliphatic heterocycles. The summed E-state index contributed by atoms with van der Waals surface area (Å²) in [5, 5.41) is 44.1. The topological polar surface area (TPSA) is 184 Å². The molecule has 52 heavy (non-hydrogen) atoms. The number of urea groups is 1. The van der Waals surface area contributed by atoms with Crippen molar-refractivity contribution in [3.8, 4) is 0 Å². The van der Waals surface area contributed by atoms with E-state index in [1.54, 1.807) is 19.9 Å². The van der Waals surface area contributed by atoms with Crippen LogP contribution < -0.4 is 10.6 Å². The van der Waals surface area contributed by atoms with Gasteiger partial charge >= 0.3 is 18.0 Å². The molecule has 0 aromatic carbocycles. The molecule has 5 N–H and O–H groups in total. The monoisotopic (exact) mass is 744 g/mol. The molecule has 5 unspecified atom stereocenters. The van der Waals surface area contributed by atoms with Crippen molar-refractivity contribution in [3.05, 3.63) is 23.8 Å². The molecule has 6 fully saturated rings. The van der Waals surface area contributed by atoms with Crippen molar-refractivity contribution in [1.82, 2.24) is 10.6 Å². The lowest BCUT2D eigenvalue weighted by Gasteiger charge is -2.63. The SMILES string of the molecule is C=CC[C@@]12O[C@@H]1C[C@@H]1[C@H](CC[C@@]3(C)[C@@]1(O)CC[C@@]3(O)C(C)(O)C1CC(COC(=O)CCCCC3SCC4NC(=O)NC43)=C(C)C(=O)O1)[C@@]2(C)C(C)=O. The van der Waals surface area contributed by atoms with Crippen LogP contribution in [0.3, 0.4) is 0 Å². The fraction of sp³-hybridized carbons (Fsp3) is 0.795. The van der Waals surface area contributed by atoms with Gasteiger partial charge in [0.15, 0.2) is 0 Å². The fourth-order valence-corrected chi connectivity index (χ4v) is 13.3. The molecule has 2 amide bonds. The van der Waals surface area contributed by atoms with Gasteiger partial charge < -0.3 is 40.2 Å². The number of epoxide rings is 1. The number of cyclic esters (lactones) is 1. The van der Waals surface area contributed by atoms with E-state index in [2.05, 4.69) is 17.2 Å². The number of rotatable bonds is 12. The van der Waals surface area contributed by atoms with E-state index in [-0.39, 0.29) is 80.1 Å². The van der Waals surface area contributed by atoms with Crippen molar-refractivity contribution in [2.75, 3.05) is 12.4 Å². The van der Waals surface area contributed by atoms with Crippen molar-refractivity contribution in [1.29, 1.82) is 0 Å². The summed E-state index contributed by atoms with van der Waals surface area (Å²) in [6.45, 7) is 12.3. The highest BCUT2D eigenvalue weighted by molar-refractivity contribution is 8.00. The molecule has 7 aliphatic rings. The number of hydrogen-bond acceptors (Lipinski definition) is 11. The number of Topliss-reactive ketones (excluding diaryl/α,β-unsaturated/α-hetero) is 1. The summed E-state index contributed by atoms with van der Waals surface area (Å²) in [7, 11) is 0. The van der Waals surface area contributed by atoms with Gasteiger partial charge in [0.25, 0.3) is 0 Å². The second-order valence-electron chi connectivity index (χ2n) is 17.4. The average Bonchev–Trinajstić information content (AvgIpc) is 3.38. The normalized spacial score (nSPS) is 45.7. The largest absolute Gasteiger partial charge is 0.461 e. The first-order valence-corrected chi connectivity index (χ1v) is 20.2. The van der Waals surface area contributed by atoms with Gasteiger partial charge in [-0.05, 0) is 96.5 Å². The zero-order valence-electron chi connectivity index (χ0n) is 31.1. The third-order valence-corrected chi connectivity index (χ3v) is 16.8. The number of carbonyl (C=O) groups is 4. The number of unbranched alkanes of at least 4 members (excludes halogenated alkanes) is 1. The highest BCUT2D eigenvalue weighted by atomic mass is 32.2. The number of ether oxygens (including phenoxy) is 3. The molecule has 0 aromatic rings. The van der Waals surface area contributed by atoms with Crippen LogP contribution in [0.4, 0.5) is 4.79 Å². The molecule has 12 nitrogen and oxygen atoms in total. The van der Waals surface area contributed by atoms with E-state index in [1.807, 2.05) is 25.6 Å². The van der Waals surface area contributed by atoms with Crippen LogP contribution in [0.5, 0.6) is 0 Å². The van der Waals surface area contributed by atoms with Crippen molar-refractivity contribution in [3.63, 3.8) is 0 Å². The second-order valence-corrected chi connectivity index (χ2v) is 18.6. The third kappa shape index (κ3) is 5.22. The number of esters is 2. The fourth-order valence-electron chi connectivity index (χ4n) is 11.8. The van der Waals surface area contributed by atoms with Crippen molar-refractivity contribution < 1.29 is 48.7 Å². The van der Waals surface area contributed by atoms with Crippen LogP contribution in [0.1, 0.15) is 105 Å². The third-order valence-electron chi connectivity index (χ3n) is 15.3. The summed E-state index contributed by atoms with van der Waals surface area (Å²) >= 11 is 1.83. The maximum absolute atomic E-state index is 13.4. The Labute approximate surface area is 310 Å². The van der Waals surface area contributed by atoms with Crippen molar-refractivity contribution >= 4 is 35.5 Å². The Morgan fingerprint density at radius 3 is 2.60 bits per heavy atom. The Morgan fingerprint density at radius 1 is 1.13 bits per heavy atom. The molecule has 4 heterocycles. The van der Waals surface area contributed by atoms with E-state index >= 15 is 0 Å². The first kappa shape index (κ1) is 37.8. The first-order valence-electron chi connectivity index (χ1n) is 19.1. The van der Waals surface area contributed by atoms with E-state index in [0.29, 0.717) is 48.5 Å². The zero-order valence-corrected chi connectivity index (χ0v) is 31.9. The Kier molecular flexibility index (Phi) is 9.33. The van der Waals surface area contributed by atoms with Crippen LogP contribution in [-0.2, 0) is 28.6 Å². The Bertz CT molecular complexity index is 1580. The molecule has 13 heteroatoms. The molecule has 0 bridgehead atoms. The van der Waals surface area contributed by atoms with Gasteiger partial charge in [0, 0.05) is 34.8 Å². The minimum absolute atomic E-state index is 0.0164. The quantitative estimate of drug-likeness (QED) is 0.0647. The second kappa shape index (κ2) is 12.8. The van der Waals surface area contributed by atoms with Crippen LogP contribution in [-0.4, -0.2) is 103 Å². The van der Waals surface area contributed by atoms with Gasteiger partial charge in [-0.1, -0.05) is 19.4 Å². The summed E-state index contributed by atoms with van der Waals surface area (Å²) < 4.78 is 17.7. The highest BCUT2D eigenvalue weighted by Gasteiger charge is 2.82. The Morgan fingerprint density at radius 2 is 1.88 bits per heavy atom. The maximum Gasteiger partial charge on any atom is 0.334 e. The van der Waals surface area contributed by atoms with E-state index in [0.717, 1.165) is 18.6 Å². The standard InChI is InChI=1S/C39H56N2O10S/c1-7-13-38-29(51-38)18-25-24(35(38,5)22(3)42)12-14-34(4)37(25,47)15-16-39(34,48)36(6,46)28-17-23(21(2)32(44)50-28)19-49-30(43)11-9-8-10-27-31-26(20-52-27)40-33(45)41-31/h7,24-29,31,46-48H,1,8-20H2,2-6H3,(H2,40,41,45)/t24-,25+,26?,27?,28?,29+,31?,34-,35+,36?,37+,38+,39-/m0/s1. The van der Waals surface area contributed by atoms with Crippen molar-refractivity contribution in [2.45, 2.75) is 157 Å². The lowest BCUT2D eigenvalue weighted by atomic mass is 9.43. The molecule has 0 aromatic heterocycles. The minimum atomic E-state index is -1.97. The summed E-state index contributed by atoms with van der Waals surface area (Å²) in [5.74, 6) is -0.676. The van der Waals surface area contributed by atoms with Crippen molar-refractivity contribution in [2.24, 2.45) is 22.7 Å². The summed E-state index contributed by atoms with van der Waals surface area (Å²) in [4.78, 5) is 51.0. The Hall–Kier alpha value is -2.45. The number of nitrogens with one attached hydrogen (secondary N) is 2. The molecular weight excluding hydrogens is 689 g/mol. The average molecular weight is 745 g/mol. The zero-order chi connectivity index (χ0) is 37.6. The van der Waals surface area contributed by atoms with E-state index in [4.69, 9.17) is 14.2 Å². The predicted molar refractivity (Wildman–Crippen MR) is 192 cm³/mol. The number of aliphatic hydroxyl groups is 3. The minimum Gasteiger partial charge on any atom is -0.461 e. The van der Waals surface area contributed by atoms with Gasteiger partial charge in [0.1, 0.15) is 35.3 Å². The van der Waals surface area contributed by atoms with Gasteiger partial charge in [0.2, 0.25) is 0 Å². The van der Waals surface area contributed by atoms with Gasteiger partial charge in [0.05, 0.1) is 29.2 Å². The van der Waals surface area contributed by atoms with E-state index < -0.39 is 45.3 Å². The number of thioether (sulfide) groups is 1. The van der Waals surface area contributed by atoms with Crippen LogP contribution in [0.15, 0.2) is 23.8 Å². The van der Waals surface area contributed by atoms with Gasteiger partial charge in [-0.2, -0.15) is 11.8 Å². The first-order chi connectivity index (χ1) is 24.4. The summed E-state index contributed by atoms with van der Waals surface area (Å²) in [6, 6.07) is 0.159. The number of fused-ring (bicyclic) bond motifs is 5. The number of carbonyl (C=O) groups excluding carboxylic acids is 4. The van der Waals surface area contributed by atoms with Gasteiger partial charge in [-0.15, -0.1) is 6.58 Å². The number of amides is 2. The molecule has 7 rings (SSSR count). The van der Waals surface area contributed by atoms with E-state index in [9.17, 15) is 34.5 Å². The van der Waals surface area contributed by atoms with Crippen LogP contribution in [0, 0.1) is 22.7 Å². The molecular formula is C39H56N2O10S. The van der Waals surface area contributed by atoms with Crippen LogP contribution in [0.2, 0.25) is 0 Å². The molecule has 0 spiro atoms. The molecule has 3 saturated heterocycles. The maximum atomic E-state index is 13.4. The lowest BCUT2D eigenvalue weighted by Crippen LogP contribution is -2.73. The number of ketones is 1. The Balaban J connectivity index is 1.00. The molecule has 288 valence electrons. The van der Waals surface area contributed by atoms with Gasteiger partial charge in [-0.25, -0.2) is 9.59 Å². The summed E-state index contributed by atoms with van der Waals surface area (Å²) in [6.07, 6.45) is 5.30. The van der Waals surface area contributed by atoms with Crippen LogP contribution in [0.25, 0.3) is 0 Å². The number of hydrogen-bond donors (Lipinski definition) is 5. The molecule has 0 radical (unpaired) electrons. The molecule has 3 aliphatic carbocycles. The summed E-state index contributed by atoms with van der Waals surface area (Å²) in [5.41, 5.74) is -7.08. The van der Waals surface area contributed by atoms with Crippen LogP contribution >= 0.6 is 11.8 Å². The van der Waals surface area contributed by atoms with Gasteiger partial charge in [-0.3, -0.25) is 9.59 Å². The molecule has 3 saturated carbocycles. The molecule has 13 atom stereocenters. The van der Waals surface area contributed by atoms with E-state index in [1.165, 1.54) is 6.92 Å². The highest BCUT2D eigenvalue weighted by Crippen LogP contribution is 2.74. The smallest absolute Gasteiger partial charge is 0.334 e. The lowest BCUT2D eigenvalue weighted by molar-refractivity contribution is -0.282.